The summed E-state index contributed by atoms with van der Waals surface area (Å²) in [4.78, 5) is 2.01. The first-order valence-electron chi connectivity index (χ1n) is 6.42. The van der Waals surface area contributed by atoms with Gasteiger partial charge in [-0.25, -0.2) is 4.39 Å². The minimum absolute atomic E-state index is 0.263. The van der Waals surface area contributed by atoms with E-state index in [1.54, 1.807) is 12.1 Å². The largest absolute Gasteiger partial charge is 0.387 e. The van der Waals surface area contributed by atoms with Crippen molar-refractivity contribution in [2.75, 3.05) is 13.6 Å². The fraction of sp³-hybridized carbons (Fsp3) is 0.250. The van der Waals surface area contributed by atoms with Crippen molar-refractivity contribution < 1.29 is 9.50 Å². The minimum Gasteiger partial charge on any atom is -0.387 e. The highest BCUT2D eigenvalue weighted by Gasteiger charge is 2.11. The molecular weight excluding hydrogens is 321 g/mol. The Bertz CT molecular complexity index is 562. The van der Waals surface area contributed by atoms with E-state index in [-0.39, 0.29) is 5.82 Å². The van der Waals surface area contributed by atoms with Crippen LogP contribution in [-0.2, 0) is 6.54 Å². The maximum absolute atomic E-state index is 13.2. The lowest BCUT2D eigenvalue weighted by Crippen LogP contribution is -2.24. The number of hydrogen-bond donors (Lipinski definition) is 1. The van der Waals surface area contributed by atoms with Gasteiger partial charge in [-0.3, -0.25) is 4.90 Å². The SMILES string of the molecule is CN(Cc1ccc(F)c(Br)c1)C[C@H](O)c1ccccc1. The van der Waals surface area contributed by atoms with Crippen LogP contribution in [0.4, 0.5) is 4.39 Å². The number of benzene rings is 2. The lowest BCUT2D eigenvalue weighted by atomic mass is 10.1. The molecule has 0 saturated carbocycles. The molecule has 2 aromatic carbocycles. The van der Waals surface area contributed by atoms with Crippen molar-refractivity contribution >= 4 is 15.9 Å². The highest BCUT2D eigenvalue weighted by atomic mass is 79.9. The Hall–Kier alpha value is -1.23. The molecule has 20 heavy (non-hydrogen) atoms. The molecule has 0 fully saturated rings. The second kappa shape index (κ2) is 6.97. The maximum atomic E-state index is 13.2. The highest BCUT2D eigenvalue weighted by molar-refractivity contribution is 9.10. The molecule has 0 aliphatic heterocycles. The van der Waals surface area contributed by atoms with Crippen LogP contribution >= 0.6 is 15.9 Å². The Labute approximate surface area is 127 Å². The molecule has 0 bridgehead atoms. The predicted molar refractivity (Wildman–Crippen MR) is 81.8 cm³/mol. The molecule has 0 aliphatic rings. The van der Waals surface area contributed by atoms with E-state index in [9.17, 15) is 9.50 Å². The molecule has 0 spiro atoms. The molecule has 1 atom stereocenters. The monoisotopic (exact) mass is 337 g/mol. The zero-order valence-corrected chi connectivity index (χ0v) is 12.8. The van der Waals surface area contributed by atoms with Gasteiger partial charge in [-0.2, -0.15) is 0 Å². The third kappa shape index (κ3) is 4.13. The summed E-state index contributed by atoms with van der Waals surface area (Å²) < 4.78 is 13.6. The van der Waals surface area contributed by atoms with E-state index >= 15 is 0 Å². The number of halogens is 2. The van der Waals surface area contributed by atoms with Crippen molar-refractivity contribution in [1.82, 2.24) is 4.90 Å². The third-order valence-corrected chi connectivity index (χ3v) is 3.71. The lowest BCUT2D eigenvalue weighted by Gasteiger charge is -2.21. The van der Waals surface area contributed by atoms with Crippen molar-refractivity contribution in [3.05, 3.63) is 69.9 Å². The standard InChI is InChI=1S/C16H17BrFNO/c1-19(10-12-7-8-15(18)14(17)9-12)11-16(20)13-5-3-2-4-6-13/h2-9,16,20H,10-11H2,1H3/t16-/m0/s1. The van der Waals surface area contributed by atoms with Crippen molar-refractivity contribution in [2.24, 2.45) is 0 Å². The minimum atomic E-state index is -0.523. The average Bonchev–Trinajstić information content (AvgIpc) is 2.44. The van der Waals surface area contributed by atoms with Crippen molar-refractivity contribution in [3.63, 3.8) is 0 Å². The highest BCUT2D eigenvalue weighted by Crippen LogP contribution is 2.19. The second-order valence-corrected chi connectivity index (χ2v) is 5.73. The van der Waals surface area contributed by atoms with E-state index in [0.29, 0.717) is 17.6 Å². The molecule has 0 saturated heterocycles. The Balaban J connectivity index is 1.95. The smallest absolute Gasteiger partial charge is 0.137 e. The Morgan fingerprint density at radius 3 is 2.55 bits per heavy atom. The third-order valence-electron chi connectivity index (χ3n) is 3.11. The Morgan fingerprint density at radius 1 is 1.20 bits per heavy atom. The normalized spacial score (nSPS) is 12.7. The molecule has 0 aromatic heterocycles. The van der Waals surface area contributed by atoms with Crippen LogP contribution in [-0.4, -0.2) is 23.6 Å². The zero-order chi connectivity index (χ0) is 14.5. The molecule has 0 radical (unpaired) electrons. The summed E-state index contributed by atoms with van der Waals surface area (Å²) >= 11 is 3.18. The average molecular weight is 338 g/mol. The van der Waals surface area contributed by atoms with Gasteiger partial charge in [0.1, 0.15) is 5.82 Å². The van der Waals surface area contributed by atoms with E-state index in [4.69, 9.17) is 0 Å². The van der Waals surface area contributed by atoms with Crippen molar-refractivity contribution in [1.29, 1.82) is 0 Å². The van der Waals surface area contributed by atoms with Crippen LogP contribution in [0.2, 0.25) is 0 Å². The summed E-state index contributed by atoms with van der Waals surface area (Å²) in [5.41, 5.74) is 1.90. The lowest BCUT2D eigenvalue weighted by molar-refractivity contribution is 0.124. The molecule has 1 N–H and O–H groups in total. The number of hydrogen-bond acceptors (Lipinski definition) is 2. The number of likely N-dealkylation sites (N-methyl/N-ethyl adjacent to an activating group) is 1. The molecule has 4 heteroatoms. The quantitative estimate of drug-likeness (QED) is 0.898. The molecule has 2 aromatic rings. The van der Waals surface area contributed by atoms with Crippen LogP contribution in [0, 0.1) is 5.82 Å². The van der Waals surface area contributed by atoms with Gasteiger partial charge < -0.3 is 5.11 Å². The number of aliphatic hydroxyl groups excluding tert-OH is 1. The Kier molecular flexibility index (Phi) is 5.29. The molecule has 2 rings (SSSR count). The van der Waals surface area contributed by atoms with Gasteiger partial charge in [0.2, 0.25) is 0 Å². The molecule has 2 nitrogen and oxygen atoms in total. The van der Waals surface area contributed by atoms with E-state index in [1.807, 2.05) is 42.3 Å². The number of nitrogens with zero attached hydrogens (tertiary/aromatic N) is 1. The van der Waals surface area contributed by atoms with Gasteiger partial charge in [0.05, 0.1) is 10.6 Å². The van der Waals surface area contributed by atoms with Gasteiger partial charge in [0.25, 0.3) is 0 Å². The van der Waals surface area contributed by atoms with Crippen LogP contribution < -0.4 is 0 Å². The van der Waals surface area contributed by atoms with Gasteiger partial charge in [-0.1, -0.05) is 36.4 Å². The number of rotatable bonds is 5. The van der Waals surface area contributed by atoms with Gasteiger partial charge in [-0.05, 0) is 46.2 Å². The fourth-order valence-electron chi connectivity index (χ4n) is 2.09. The Morgan fingerprint density at radius 2 is 1.90 bits per heavy atom. The van der Waals surface area contributed by atoms with Gasteiger partial charge in [0.15, 0.2) is 0 Å². The van der Waals surface area contributed by atoms with Gasteiger partial charge >= 0.3 is 0 Å². The first-order chi connectivity index (χ1) is 9.56. The van der Waals surface area contributed by atoms with E-state index in [2.05, 4.69) is 15.9 Å². The molecule has 0 heterocycles. The van der Waals surface area contributed by atoms with Crippen LogP contribution in [0.25, 0.3) is 0 Å². The summed E-state index contributed by atoms with van der Waals surface area (Å²) in [7, 11) is 1.93. The maximum Gasteiger partial charge on any atom is 0.137 e. The van der Waals surface area contributed by atoms with E-state index in [0.717, 1.165) is 11.1 Å². The summed E-state index contributed by atoms with van der Waals surface area (Å²) in [6.07, 6.45) is -0.523. The molecule has 0 unspecified atom stereocenters. The van der Waals surface area contributed by atoms with Crippen LogP contribution in [0.5, 0.6) is 0 Å². The molecule has 0 aliphatic carbocycles. The van der Waals surface area contributed by atoms with E-state index < -0.39 is 6.10 Å². The van der Waals surface area contributed by atoms with Crippen molar-refractivity contribution in [2.45, 2.75) is 12.6 Å². The van der Waals surface area contributed by atoms with Crippen LogP contribution in [0.1, 0.15) is 17.2 Å². The zero-order valence-electron chi connectivity index (χ0n) is 11.3. The second-order valence-electron chi connectivity index (χ2n) is 4.87. The molecule has 106 valence electrons. The van der Waals surface area contributed by atoms with E-state index in [1.165, 1.54) is 6.07 Å². The van der Waals surface area contributed by atoms with Gasteiger partial charge in [-0.15, -0.1) is 0 Å². The summed E-state index contributed by atoms with van der Waals surface area (Å²) in [5.74, 6) is -0.263. The summed E-state index contributed by atoms with van der Waals surface area (Å²) in [6, 6.07) is 14.5. The summed E-state index contributed by atoms with van der Waals surface area (Å²) in [6.45, 7) is 1.18. The topological polar surface area (TPSA) is 23.5 Å². The van der Waals surface area contributed by atoms with Gasteiger partial charge in [0, 0.05) is 13.1 Å². The fourth-order valence-corrected chi connectivity index (χ4v) is 2.52. The predicted octanol–water partition coefficient (Wildman–Crippen LogP) is 3.75. The molecule has 0 amide bonds. The number of aliphatic hydroxyl groups is 1. The first kappa shape index (κ1) is 15.2. The van der Waals surface area contributed by atoms with Crippen molar-refractivity contribution in [3.8, 4) is 0 Å². The summed E-state index contributed by atoms with van der Waals surface area (Å²) in [5, 5.41) is 10.2. The van der Waals surface area contributed by atoms with Crippen LogP contribution in [0.3, 0.4) is 0 Å². The first-order valence-corrected chi connectivity index (χ1v) is 7.21. The molecular formula is C16H17BrFNO. The van der Waals surface area contributed by atoms with Crippen LogP contribution in [0.15, 0.2) is 53.0 Å².